The Morgan fingerprint density at radius 2 is 1.87 bits per heavy atom. The van der Waals surface area contributed by atoms with E-state index in [1.807, 2.05) is 20.8 Å². The number of benzene rings is 1. The van der Waals surface area contributed by atoms with Gasteiger partial charge in [-0.15, -0.1) is 0 Å². The maximum atomic E-state index is 12.4. The molecule has 6 nitrogen and oxygen atoms in total. The van der Waals surface area contributed by atoms with Gasteiger partial charge in [0, 0.05) is 6.42 Å². The van der Waals surface area contributed by atoms with Crippen LogP contribution in [0.2, 0.25) is 0 Å². The molecule has 2 heterocycles. The molecule has 2 saturated heterocycles. The Balaban J connectivity index is 1.71. The summed E-state index contributed by atoms with van der Waals surface area (Å²) in [4.78, 5) is 12.4. The van der Waals surface area contributed by atoms with Crippen molar-refractivity contribution in [3.63, 3.8) is 0 Å². The largest absolute Gasteiger partial charge is 0.493 e. The number of fused-ring (bicyclic) bond motifs is 1. The molecule has 1 aromatic rings. The summed E-state index contributed by atoms with van der Waals surface area (Å²) in [5.74, 6) is 0.187. The van der Waals surface area contributed by atoms with Crippen molar-refractivity contribution in [3.05, 3.63) is 29.3 Å². The number of hydrogen-bond donors (Lipinski definition) is 0. The number of Topliss-reactive ketones (excluding diaryl/α,β-unsaturated/α-hetero) is 1. The zero-order chi connectivity index (χ0) is 22.4. The highest BCUT2D eigenvalue weighted by atomic mass is 16.8. The molecule has 3 rings (SSSR count). The summed E-state index contributed by atoms with van der Waals surface area (Å²) in [5.41, 5.74) is 2.25. The fourth-order valence-corrected chi connectivity index (χ4v) is 4.04. The number of unbranched alkanes of at least 4 members (excludes halogenated alkanes) is 2. The highest BCUT2D eigenvalue weighted by Crippen LogP contribution is 2.39. The highest BCUT2D eigenvalue weighted by molar-refractivity contribution is 5.83. The summed E-state index contributed by atoms with van der Waals surface area (Å²) in [6.07, 6.45) is 3.65. The van der Waals surface area contributed by atoms with Crippen molar-refractivity contribution in [2.24, 2.45) is 0 Å². The fourth-order valence-electron chi connectivity index (χ4n) is 4.04. The predicted octanol–water partition coefficient (Wildman–Crippen LogP) is 4.95. The van der Waals surface area contributed by atoms with Crippen molar-refractivity contribution in [3.8, 4) is 5.75 Å². The van der Waals surface area contributed by atoms with Crippen LogP contribution in [0.25, 0.3) is 0 Å². The lowest BCUT2D eigenvalue weighted by Gasteiger charge is -2.25. The number of ketones is 1. The third kappa shape index (κ3) is 6.07. The molecule has 1 aromatic carbocycles. The van der Waals surface area contributed by atoms with Crippen molar-refractivity contribution in [1.82, 2.24) is 0 Å². The van der Waals surface area contributed by atoms with E-state index in [9.17, 15) is 4.79 Å². The van der Waals surface area contributed by atoms with Crippen LogP contribution >= 0.6 is 0 Å². The van der Waals surface area contributed by atoms with E-state index in [2.05, 4.69) is 32.0 Å². The molecular formula is C25H38O6. The third-order valence-electron chi connectivity index (χ3n) is 5.79. The summed E-state index contributed by atoms with van der Waals surface area (Å²) in [6.45, 7) is 10.9. The summed E-state index contributed by atoms with van der Waals surface area (Å²) in [6, 6.07) is 6.29. The smallest absolute Gasteiger partial charge is 0.190 e. The van der Waals surface area contributed by atoms with Gasteiger partial charge in [-0.3, -0.25) is 4.79 Å². The number of hydrogen-bond acceptors (Lipinski definition) is 6. The van der Waals surface area contributed by atoms with E-state index in [1.54, 1.807) is 0 Å². The van der Waals surface area contributed by atoms with Crippen LogP contribution in [0.4, 0.5) is 0 Å². The minimum absolute atomic E-state index is 0.00269. The second-order valence-corrected chi connectivity index (χ2v) is 8.87. The van der Waals surface area contributed by atoms with Crippen molar-refractivity contribution < 1.29 is 28.5 Å². The van der Waals surface area contributed by atoms with Gasteiger partial charge in [0.05, 0.1) is 13.2 Å². The molecule has 6 heteroatoms. The van der Waals surface area contributed by atoms with E-state index < -0.39 is 30.4 Å². The van der Waals surface area contributed by atoms with Gasteiger partial charge in [0.2, 0.25) is 0 Å². The molecule has 0 spiro atoms. The van der Waals surface area contributed by atoms with Crippen LogP contribution in [0.1, 0.15) is 77.8 Å². The zero-order valence-corrected chi connectivity index (χ0v) is 19.6. The van der Waals surface area contributed by atoms with Gasteiger partial charge < -0.3 is 23.7 Å². The summed E-state index contributed by atoms with van der Waals surface area (Å²) in [7, 11) is 0. The fraction of sp³-hybridized carbons (Fsp3) is 0.720. The minimum atomic E-state index is -0.752. The zero-order valence-electron chi connectivity index (χ0n) is 19.6. The molecule has 0 N–H and O–H groups in total. The van der Waals surface area contributed by atoms with Crippen LogP contribution < -0.4 is 4.74 Å². The molecular weight excluding hydrogens is 396 g/mol. The Morgan fingerprint density at radius 1 is 1.10 bits per heavy atom. The molecule has 2 aliphatic rings. The SMILES string of the molecule is CCCCOc1cc(CO[C@@H]2[C@H]3OC(C)(C)O[C@H]3O[C@@H]2C(=O)CC)ccc1CCCC. The van der Waals surface area contributed by atoms with Crippen molar-refractivity contribution in [2.45, 2.75) is 110 Å². The second kappa shape index (κ2) is 10.9. The van der Waals surface area contributed by atoms with Crippen molar-refractivity contribution in [2.75, 3.05) is 6.61 Å². The Labute approximate surface area is 186 Å². The lowest BCUT2D eigenvalue weighted by molar-refractivity contribution is -0.218. The molecule has 4 atom stereocenters. The van der Waals surface area contributed by atoms with Crippen LogP contribution in [0.3, 0.4) is 0 Å². The number of carbonyl (C=O) groups excluding carboxylic acids is 1. The maximum absolute atomic E-state index is 12.4. The molecule has 0 saturated carbocycles. The Morgan fingerprint density at radius 3 is 2.58 bits per heavy atom. The maximum Gasteiger partial charge on any atom is 0.190 e. The Bertz CT molecular complexity index is 731. The molecule has 174 valence electrons. The first-order chi connectivity index (χ1) is 14.9. The lowest BCUT2D eigenvalue weighted by atomic mass is 10.0. The van der Waals surface area contributed by atoms with Gasteiger partial charge in [-0.25, -0.2) is 0 Å². The summed E-state index contributed by atoms with van der Waals surface area (Å²) < 4.78 is 30.0. The van der Waals surface area contributed by atoms with Crippen LogP contribution in [0, 0.1) is 0 Å². The molecule has 0 radical (unpaired) electrons. The first-order valence-electron chi connectivity index (χ1n) is 11.8. The highest BCUT2D eigenvalue weighted by Gasteiger charge is 2.56. The summed E-state index contributed by atoms with van der Waals surface area (Å²) in [5, 5.41) is 0. The average Bonchev–Trinajstić information content (AvgIpc) is 3.22. The van der Waals surface area contributed by atoms with Gasteiger partial charge in [-0.05, 0) is 50.3 Å². The average molecular weight is 435 g/mol. The topological polar surface area (TPSA) is 63.2 Å². The monoisotopic (exact) mass is 434 g/mol. The van der Waals surface area contributed by atoms with E-state index in [4.69, 9.17) is 23.7 Å². The first-order valence-corrected chi connectivity index (χ1v) is 11.8. The van der Waals surface area contributed by atoms with Gasteiger partial charge in [-0.2, -0.15) is 0 Å². The van der Waals surface area contributed by atoms with E-state index in [1.165, 1.54) is 5.56 Å². The normalized spacial score (nSPS) is 26.7. The summed E-state index contributed by atoms with van der Waals surface area (Å²) >= 11 is 0. The molecule has 2 aliphatic heterocycles. The Hall–Kier alpha value is -1.47. The molecule has 31 heavy (non-hydrogen) atoms. The molecule has 0 bridgehead atoms. The standard InChI is InChI=1S/C25H38O6/c1-6-9-11-18-13-12-17(15-20(18)27-14-10-7-2)16-28-22-21(19(26)8-3)29-24-23(22)30-25(4,5)31-24/h12-13,15,21-24H,6-11,14,16H2,1-5H3/t21-,22+,23-,24-/m1/s1. The second-order valence-electron chi connectivity index (χ2n) is 8.87. The van der Waals surface area contributed by atoms with E-state index in [-0.39, 0.29) is 5.78 Å². The van der Waals surface area contributed by atoms with Crippen LogP contribution in [0.15, 0.2) is 18.2 Å². The Kier molecular flexibility index (Phi) is 8.50. The number of rotatable bonds is 12. The molecule has 0 unspecified atom stereocenters. The van der Waals surface area contributed by atoms with Crippen LogP contribution in [0.5, 0.6) is 5.75 Å². The number of carbonyl (C=O) groups is 1. The molecule has 0 aromatic heterocycles. The van der Waals surface area contributed by atoms with E-state index in [0.717, 1.165) is 43.4 Å². The predicted molar refractivity (Wildman–Crippen MR) is 118 cm³/mol. The van der Waals surface area contributed by atoms with Crippen LogP contribution in [-0.2, 0) is 36.8 Å². The molecule has 2 fully saturated rings. The number of aryl methyl sites for hydroxylation is 1. The van der Waals surface area contributed by atoms with Crippen molar-refractivity contribution in [1.29, 1.82) is 0 Å². The van der Waals surface area contributed by atoms with Gasteiger partial charge in [-0.1, -0.05) is 45.7 Å². The molecule has 0 aliphatic carbocycles. The van der Waals surface area contributed by atoms with E-state index in [0.29, 0.717) is 19.6 Å². The lowest BCUT2D eigenvalue weighted by Crippen LogP contribution is -2.40. The van der Waals surface area contributed by atoms with Crippen LogP contribution in [-0.4, -0.2) is 42.8 Å². The van der Waals surface area contributed by atoms with Crippen molar-refractivity contribution >= 4 is 5.78 Å². The van der Waals surface area contributed by atoms with Gasteiger partial charge in [0.25, 0.3) is 0 Å². The van der Waals surface area contributed by atoms with Gasteiger partial charge >= 0.3 is 0 Å². The van der Waals surface area contributed by atoms with Gasteiger partial charge in [0.15, 0.2) is 17.9 Å². The first kappa shape index (κ1) is 24.2. The quantitative estimate of drug-likeness (QED) is 0.434. The van der Waals surface area contributed by atoms with Gasteiger partial charge in [0.1, 0.15) is 24.1 Å². The molecule has 0 amide bonds. The van der Waals surface area contributed by atoms with E-state index >= 15 is 0 Å². The third-order valence-corrected chi connectivity index (χ3v) is 5.79. The number of ether oxygens (including phenoxy) is 5. The minimum Gasteiger partial charge on any atom is -0.493 e.